The maximum absolute atomic E-state index is 12.6. The van der Waals surface area contributed by atoms with E-state index >= 15 is 0 Å². The Kier molecular flexibility index (Phi) is 3.25. The number of aromatic carboxylic acids is 1. The van der Waals surface area contributed by atoms with E-state index in [0.29, 0.717) is 5.56 Å². The number of hydrogen-bond donors (Lipinski definition) is 1. The quantitative estimate of drug-likeness (QED) is 0.455. The molecular formula is C19H10O6. The van der Waals surface area contributed by atoms with Crippen LogP contribution in [-0.4, -0.2) is 16.9 Å². The van der Waals surface area contributed by atoms with Gasteiger partial charge >= 0.3 is 5.97 Å². The van der Waals surface area contributed by atoms with Crippen LogP contribution in [0.2, 0.25) is 0 Å². The maximum Gasteiger partial charge on any atom is 0.335 e. The largest absolute Gasteiger partial charge is 0.478 e. The lowest BCUT2D eigenvalue weighted by Gasteiger charge is -2.04. The van der Waals surface area contributed by atoms with Crippen molar-refractivity contribution in [2.24, 2.45) is 0 Å². The lowest BCUT2D eigenvalue weighted by atomic mass is 10.0. The molecule has 0 fully saturated rings. The molecular weight excluding hydrogens is 324 g/mol. The Morgan fingerprint density at radius 2 is 1.68 bits per heavy atom. The third kappa shape index (κ3) is 2.40. The van der Waals surface area contributed by atoms with Crippen LogP contribution in [0.5, 0.6) is 0 Å². The fourth-order valence-electron chi connectivity index (χ4n) is 2.68. The Morgan fingerprint density at radius 3 is 2.40 bits per heavy atom. The van der Waals surface area contributed by atoms with Crippen molar-refractivity contribution in [1.82, 2.24) is 0 Å². The lowest BCUT2D eigenvalue weighted by Crippen LogP contribution is -2.06. The fourth-order valence-corrected chi connectivity index (χ4v) is 2.68. The molecule has 0 aliphatic rings. The first-order valence-corrected chi connectivity index (χ1v) is 7.37. The number of rotatable bonds is 3. The highest BCUT2D eigenvalue weighted by molar-refractivity contribution is 6.09. The van der Waals surface area contributed by atoms with E-state index < -0.39 is 5.97 Å². The molecule has 122 valence electrons. The van der Waals surface area contributed by atoms with Crippen LogP contribution >= 0.6 is 0 Å². The molecule has 0 spiro atoms. The molecule has 0 unspecified atom stereocenters. The molecule has 6 heteroatoms. The summed E-state index contributed by atoms with van der Waals surface area (Å²) in [6.07, 6.45) is 1.40. The van der Waals surface area contributed by atoms with Gasteiger partial charge in [0, 0.05) is 5.56 Å². The second-order valence-electron chi connectivity index (χ2n) is 5.46. The summed E-state index contributed by atoms with van der Waals surface area (Å²) >= 11 is 0. The summed E-state index contributed by atoms with van der Waals surface area (Å²) in [5.74, 6) is -1.26. The number of carbonyl (C=O) groups excluding carboxylic acids is 1. The molecule has 0 bridgehead atoms. The van der Waals surface area contributed by atoms with Gasteiger partial charge < -0.3 is 13.9 Å². The summed E-state index contributed by atoms with van der Waals surface area (Å²) in [7, 11) is 0. The molecule has 6 nitrogen and oxygen atoms in total. The molecule has 25 heavy (non-hydrogen) atoms. The number of carbonyl (C=O) groups is 2. The van der Waals surface area contributed by atoms with Gasteiger partial charge in [-0.3, -0.25) is 9.59 Å². The van der Waals surface area contributed by atoms with E-state index in [1.807, 2.05) is 0 Å². The van der Waals surface area contributed by atoms with Gasteiger partial charge in [-0.15, -0.1) is 0 Å². The highest BCUT2D eigenvalue weighted by Gasteiger charge is 2.15. The summed E-state index contributed by atoms with van der Waals surface area (Å²) < 4.78 is 10.8. The first-order chi connectivity index (χ1) is 12.0. The van der Waals surface area contributed by atoms with Gasteiger partial charge in [-0.05, 0) is 48.5 Å². The summed E-state index contributed by atoms with van der Waals surface area (Å²) in [6.45, 7) is 0. The summed E-state index contributed by atoms with van der Waals surface area (Å²) in [5, 5.41) is 9.51. The Labute approximate surface area is 139 Å². The highest BCUT2D eigenvalue weighted by atomic mass is 16.4. The third-order valence-corrected chi connectivity index (χ3v) is 3.92. The Hall–Kier alpha value is -3.67. The van der Waals surface area contributed by atoms with E-state index in [4.69, 9.17) is 13.9 Å². The Bertz CT molecular complexity index is 1200. The minimum absolute atomic E-state index is 0.00349. The van der Waals surface area contributed by atoms with Crippen molar-refractivity contribution < 1.29 is 23.5 Å². The van der Waals surface area contributed by atoms with Gasteiger partial charge in [0.2, 0.25) is 11.2 Å². The zero-order valence-corrected chi connectivity index (χ0v) is 12.7. The van der Waals surface area contributed by atoms with Crippen molar-refractivity contribution in [3.63, 3.8) is 0 Å². The molecule has 2 aromatic carbocycles. The fraction of sp³-hybridized carbons (Fsp3) is 0. The minimum atomic E-state index is -1.12. The van der Waals surface area contributed by atoms with Crippen LogP contribution in [0.1, 0.15) is 26.5 Å². The Balaban J connectivity index is 1.93. The SMILES string of the molecule is O=C(O)c1ccc2oc3cc(C(=O)c4ccco4)ccc3c(=O)c2c1. The predicted octanol–water partition coefficient (Wildman–Crippen LogP) is 3.47. The van der Waals surface area contributed by atoms with Crippen LogP contribution < -0.4 is 5.43 Å². The average molecular weight is 334 g/mol. The van der Waals surface area contributed by atoms with Crippen LogP contribution in [0.3, 0.4) is 0 Å². The van der Waals surface area contributed by atoms with Crippen LogP contribution in [0.15, 0.2) is 68.4 Å². The smallest absolute Gasteiger partial charge is 0.335 e. The molecule has 0 atom stereocenters. The van der Waals surface area contributed by atoms with Gasteiger partial charge in [-0.25, -0.2) is 4.79 Å². The second-order valence-corrected chi connectivity index (χ2v) is 5.46. The van der Waals surface area contributed by atoms with Crippen LogP contribution in [0.4, 0.5) is 0 Å². The van der Waals surface area contributed by atoms with Crippen molar-refractivity contribution in [1.29, 1.82) is 0 Å². The number of benzene rings is 2. The standard InChI is InChI=1S/C19H10O6/c20-17(15-2-1-7-24-15)10-3-5-12-16(9-10)25-14-6-4-11(19(22)23)8-13(14)18(12)21/h1-9H,(H,22,23). The van der Waals surface area contributed by atoms with Gasteiger partial charge in [-0.1, -0.05) is 0 Å². The monoisotopic (exact) mass is 334 g/mol. The molecule has 0 saturated carbocycles. The maximum atomic E-state index is 12.6. The van der Waals surface area contributed by atoms with E-state index in [1.165, 1.54) is 42.7 Å². The van der Waals surface area contributed by atoms with Crippen molar-refractivity contribution >= 4 is 33.7 Å². The topological polar surface area (TPSA) is 97.7 Å². The normalized spacial score (nSPS) is 11.0. The van der Waals surface area contributed by atoms with Crippen LogP contribution in [0, 0.1) is 0 Å². The molecule has 0 saturated heterocycles. The first-order valence-electron chi connectivity index (χ1n) is 7.37. The van der Waals surface area contributed by atoms with E-state index in [-0.39, 0.29) is 44.5 Å². The van der Waals surface area contributed by atoms with Crippen LogP contribution in [-0.2, 0) is 0 Å². The summed E-state index contributed by atoms with van der Waals surface area (Å²) in [6, 6.07) is 11.7. The van der Waals surface area contributed by atoms with Gasteiger partial charge in [-0.2, -0.15) is 0 Å². The van der Waals surface area contributed by atoms with Crippen molar-refractivity contribution in [3.8, 4) is 0 Å². The lowest BCUT2D eigenvalue weighted by molar-refractivity contribution is 0.0697. The van der Waals surface area contributed by atoms with Gasteiger partial charge in [0.25, 0.3) is 0 Å². The predicted molar refractivity (Wildman–Crippen MR) is 89.1 cm³/mol. The highest BCUT2D eigenvalue weighted by Crippen LogP contribution is 2.22. The van der Waals surface area contributed by atoms with E-state index in [0.717, 1.165) is 0 Å². The molecule has 2 aromatic heterocycles. The van der Waals surface area contributed by atoms with Crippen molar-refractivity contribution in [2.75, 3.05) is 0 Å². The molecule has 4 aromatic rings. The van der Waals surface area contributed by atoms with Gasteiger partial charge in [0.15, 0.2) is 5.76 Å². The van der Waals surface area contributed by atoms with E-state index in [9.17, 15) is 14.4 Å². The third-order valence-electron chi connectivity index (χ3n) is 3.92. The number of fused-ring (bicyclic) bond motifs is 2. The van der Waals surface area contributed by atoms with E-state index in [2.05, 4.69) is 0 Å². The zero-order valence-electron chi connectivity index (χ0n) is 12.7. The molecule has 0 radical (unpaired) electrons. The zero-order chi connectivity index (χ0) is 17.6. The molecule has 2 heterocycles. The summed E-state index contributed by atoms with van der Waals surface area (Å²) in [4.78, 5) is 36.0. The second kappa shape index (κ2) is 5.45. The molecule has 0 aliphatic carbocycles. The molecule has 0 aliphatic heterocycles. The number of carboxylic acids is 1. The van der Waals surface area contributed by atoms with Gasteiger partial charge in [0.1, 0.15) is 11.2 Å². The molecule has 0 amide bonds. The minimum Gasteiger partial charge on any atom is -0.478 e. The van der Waals surface area contributed by atoms with E-state index in [1.54, 1.807) is 12.1 Å². The first kappa shape index (κ1) is 14.9. The number of hydrogen-bond acceptors (Lipinski definition) is 5. The Morgan fingerprint density at radius 1 is 0.880 bits per heavy atom. The van der Waals surface area contributed by atoms with Crippen molar-refractivity contribution in [2.45, 2.75) is 0 Å². The summed E-state index contributed by atoms with van der Waals surface area (Å²) in [5.41, 5.74) is 0.482. The van der Waals surface area contributed by atoms with Gasteiger partial charge in [0.05, 0.1) is 22.6 Å². The molecule has 1 N–H and O–H groups in total. The number of carboxylic acid groups (broad SMARTS) is 1. The molecule has 4 rings (SSSR count). The number of ketones is 1. The van der Waals surface area contributed by atoms with Crippen LogP contribution in [0.25, 0.3) is 21.9 Å². The number of furan rings is 1. The average Bonchev–Trinajstić information content (AvgIpc) is 3.15. The van der Waals surface area contributed by atoms with Crippen molar-refractivity contribution in [3.05, 3.63) is 81.9 Å².